The molecule has 1 atom stereocenters. The van der Waals surface area contributed by atoms with Crippen molar-refractivity contribution >= 4 is 11.4 Å². The number of aromatic amines is 1. The third kappa shape index (κ3) is 3.91. The SMILES string of the molecule is Cc1cn2nc(-c3nc(C4CCCN(C(=O)Cc5cccc(F)c5)C4)no3)cc2c(=O)[nH]1. The van der Waals surface area contributed by atoms with Gasteiger partial charge in [-0.25, -0.2) is 8.91 Å². The minimum atomic E-state index is -0.352. The van der Waals surface area contributed by atoms with Gasteiger partial charge in [0.1, 0.15) is 11.3 Å². The summed E-state index contributed by atoms with van der Waals surface area (Å²) in [4.78, 5) is 33.8. The van der Waals surface area contributed by atoms with Crippen LogP contribution in [0.5, 0.6) is 0 Å². The normalized spacial score (nSPS) is 16.6. The van der Waals surface area contributed by atoms with Gasteiger partial charge in [-0.1, -0.05) is 17.3 Å². The second kappa shape index (κ2) is 8.03. The molecule has 1 saturated heterocycles. The van der Waals surface area contributed by atoms with Crippen molar-refractivity contribution < 1.29 is 13.7 Å². The summed E-state index contributed by atoms with van der Waals surface area (Å²) >= 11 is 0. The number of piperidine rings is 1. The van der Waals surface area contributed by atoms with Gasteiger partial charge >= 0.3 is 0 Å². The summed E-state index contributed by atoms with van der Waals surface area (Å²) in [7, 11) is 0. The number of likely N-dealkylation sites (tertiary alicyclic amines) is 1. The second-order valence-electron chi connectivity index (χ2n) is 8.07. The van der Waals surface area contributed by atoms with Crippen LogP contribution in [0.4, 0.5) is 4.39 Å². The lowest BCUT2D eigenvalue weighted by Crippen LogP contribution is -2.40. The van der Waals surface area contributed by atoms with E-state index in [0.717, 1.165) is 12.8 Å². The predicted octanol–water partition coefficient (Wildman–Crippen LogP) is 2.47. The summed E-state index contributed by atoms with van der Waals surface area (Å²) in [6.45, 7) is 2.89. The maximum absolute atomic E-state index is 13.4. The molecule has 1 aliphatic rings. The van der Waals surface area contributed by atoms with Crippen LogP contribution in [0.2, 0.25) is 0 Å². The minimum absolute atomic E-state index is 0.0565. The second-order valence-corrected chi connectivity index (χ2v) is 8.07. The van der Waals surface area contributed by atoms with E-state index >= 15 is 0 Å². The molecule has 1 amide bonds. The summed E-state index contributed by atoms with van der Waals surface area (Å²) in [5.74, 6) is 0.254. The summed E-state index contributed by atoms with van der Waals surface area (Å²) in [5, 5.41) is 8.47. The number of H-pyrrole nitrogens is 1. The molecule has 0 aliphatic carbocycles. The molecule has 9 nitrogen and oxygen atoms in total. The smallest absolute Gasteiger partial charge is 0.278 e. The van der Waals surface area contributed by atoms with Crippen LogP contribution in [0.15, 0.2) is 45.8 Å². The standard InChI is InChI=1S/C22H21FN6O3/c1-13-11-29-18(21(31)24-13)10-17(26-29)22-25-20(27-32-22)15-5-3-7-28(12-15)19(30)9-14-4-2-6-16(23)8-14/h2,4,6,8,10-11,15H,3,5,7,9,12H2,1H3,(H,24,31). The van der Waals surface area contributed by atoms with Crippen molar-refractivity contribution in [3.63, 3.8) is 0 Å². The van der Waals surface area contributed by atoms with Gasteiger partial charge in [-0.05, 0) is 37.5 Å². The Labute approximate surface area is 181 Å². The average Bonchev–Trinajstić information content (AvgIpc) is 3.41. The van der Waals surface area contributed by atoms with Crippen molar-refractivity contribution in [1.29, 1.82) is 0 Å². The quantitative estimate of drug-likeness (QED) is 0.526. The van der Waals surface area contributed by atoms with Crippen molar-refractivity contribution in [2.45, 2.75) is 32.1 Å². The number of carbonyl (C=O) groups is 1. The molecule has 3 aromatic heterocycles. The van der Waals surface area contributed by atoms with Gasteiger partial charge < -0.3 is 14.4 Å². The molecule has 32 heavy (non-hydrogen) atoms. The predicted molar refractivity (Wildman–Crippen MR) is 113 cm³/mol. The van der Waals surface area contributed by atoms with Crippen LogP contribution < -0.4 is 5.56 Å². The van der Waals surface area contributed by atoms with E-state index in [1.807, 2.05) is 0 Å². The fourth-order valence-electron chi connectivity index (χ4n) is 4.08. The van der Waals surface area contributed by atoms with Gasteiger partial charge in [0, 0.05) is 37.0 Å². The highest BCUT2D eigenvalue weighted by Crippen LogP contribution is 2.27. The molecule has 0 radical (unpaired) electrons. The molecule has 10 heteroatoms. The fourth-order valence-corrected chi connectivity index (χ4v) is 4.08. The molecule has 0 bridgehead atoms. The monoisotopic (exact) mass is 436 g/mol. The number of hydrogen-bond acceptors (Lipinski definition) is 6. The van der Waals surface area contributed by atoms with Crippen molar-refractivity contribution in [3.8, 4) is 11.6 Å². The maximum Gasteiger partial charge on any atom is 0.278 e. The van der Waals surface area contributed by atoms with E-state index in [2.05, 4.69) is 20.2 Å². The maximum atomic E-state index is 13.4. The zero-order chi connectivity index (χ0) is 22.2. The first-order valence-corrected chi connectivity index (χ1v) is 10.4. The van der Waals surface area contributed by atoms with E-state index in [1.165, 1.54) is 16.6 Å². The number of aromatic nitrogens is 5. The number of fused-ring (bicyclic) bond motifs is 1. The van der Waals surface area contributed by atoms with Crippen LogP contribution in [0, 0.1) is 12.7 Å². The number of amides is 1. The highest BCUT2D eigenvalue weighted by atomic mass is 19.1. The first-order valence-electron chi connectivity index (χ1n) is 10.4. The average molecular weight is 436 g/mol. The Bertz CT molecular complexity index is 1360. The highest BCUT2D eigenvalue weighted by Gasteiger charge is 2.28. The highest BCUT2D eigenvalue weighted by molar-refractivity contribution is 5.79. The molecule has 5 rings (SSSR count). The summed E-state index contributed by atoms with van der Waals surface area (Å²) in [6.07, 6.45) is 3.50. The van der Waals surface area contributed by atoms with E-state index in [1.54, 1.807) is 36.2 Å². The number of carbonyl (C=O) groups excluding carboxylic acids is 1. The van der Waals surface area contributed by atoms with E-state index in [-0.39, 0.29) is 35.5 Å². The number of halogens is 1. The molecule has 4 aromatic rings. The van der Waals surface area contributed by atoms with E-state index < -0.39 is 0 Å². The van der Waals surface area contributed by atoms with Gasteiger partial charge in [-0.3, -0.25) is 9.59 Å². The molecule has 0 saturated carbocycles. The Morgan fingerprint density at radius 3 is 3.06 bits per heavy atom. The van der Waals surface area contributed by atoms with Gasteiger partial charge in [0.05, 0.1) is 6.42 Å². The summed E-state index contributed by atoms with van der Waals surface area (Å²) < 4.78 is 20.3. The third-order valence-electron chi connectivity index (χ3n) is 5.64. The van der Waals surface area contributed by atoms with Crippen LogP contribution in [0.3, 0.4) is 0 Å². The van der Waals surface area contributed by atoms with Crippen LogP contribution >= 0.6 is 0 Å². The van der Waals surface area contributed by atoms with Gasteiger partial charge in [-0.2, -0.15) is 10.1 Å². The lowest BCUT2D eigenvalue weighted by Gasteiger charge is -2.31. The van der Waals surface area contributed by atoms with Crippen molar-refractivity contribution in [3.05, 3.63) is 69.8 Å². The number of benzene rings is 1. The van der Waals surface area contributed by atoms with Crippen molar-refractivity contribution in [2.24, 2.45) is 0 Å². The molecule has 1 unspecified atom stereocenters. The largest absolute Gasteiger partial charge is 0.342 e. The molecular weight excluding hydrogens is 415 g/mol. The first kappa shape index (κ1) is 20.1. The number of aryl methyl sites for hydroxylation is 1. The molecule has 1 N–H and O–H groups in total. The minimum Gasteiger partial charge on any atom is -0.342 e. The molecule has 4 heterocycles. The first-order chi connectivity index (χ1) is 15.5. The van der Waals surface area contributed by atoms with Crippen molar-refractivity contribution in [1.82, 2.24) is 29.6 Å². The van der Waals surface area contributed by atoms with Crippen molar-refractivity contribution in [2.75, 3.05) is 13.1 Å². The Hall–Kier alpha value is -3.82. The van der Waals surface area contributed by atoms with E-state index in [4.69, 9.17) is 4.52 Å². The molecule has 1 fully saturated rings. The van der Waals surface area contributed by atoms with Crippen LogP contribution in [0.1, 0.15) is 35.8 Å². The number of rotatable bonds is 4. The topological polar surface area (TPSA) is 109 Å². The molecular formula is C22H21FN6O3. The van der Waals surface area contributed by atoms with E-state index in [0.29, 0.717) is 41.4 Å². The lowest BCUT2D eigenvalue weighted by molar-refractivity contribution is -0.131. The Kier molecular flexibility index (Phi) is 5.04. The zero-order valence-electron chi connectivity index (χ0n) is 17.4. The summed E-state index contributed by atoms with van der Waals surface area (Å²) in [5.41, 5.74) is 1.89. The molecule has 1 aromatic carbocycles. The van der Waals surface area contributed by atoms with Gasteiger partial charge in [0.15, 0.2) is 11.5 Å². The fraction of sp³-hybridized carbons (Fsp3) is 0.318. The third-order valence-corrected chi connectivity index (χ3v) is 5.64. The van der Waals surface area contributed by atoms with Crippen LogP contribution in [0.25, 0.3) is 17.1 Å². The Morgan fingerprint density at radius 2 is 2.22 bits per heavy atom. The van der Waals surface area contributed by atoms with Crippen LogP contribution in [-0.2, 0) is 11.2 Å². The molecule has 164 valence electrons. The van der Waals surface area contributed by atoms with Gasteiger partial charge in [0.25, 0.3) is 11.4 Å². The molecule has 0 spiro atoms. The van der Waals surface area contributed by atoms with Gasteiger partial charge in [-0.15, -0.1) is 0 Å². The Balaban J connectivity index is 1.32. The van der Waals surface area contributed by atoms with Gasteiger partial charge in [0.2, 0.25) is 5.91 Å². The number of nitrogens with zero attached hydrogens (tertiary/aromatic N) is 5. The number of nitrogens with one attached hydrogen (secondary N) is 1. The summed E-state index contributed by atoms with van der Waals surface area (Å²) in [6, 6.07) is 7.69. The number of hydrogen-bond donors (Lipinski definition) is 1. The van der Waals surface area contributed by atoms with Crippen LogP contribution in [-0.4, -0.2) is 48.6 Å². The lowest BCUT2D eigenvalue weighted by atomic mass is 9.96. The Morgan fingerprint density at radius 1 is 1.34 bits per heavy atom. The zero-order valence-corrected chi connectivity index (χ0v) is 17.4. The molecule has 1 aliphatic heterocycles. The van der Waals surface area contributed by atoms with E-state index in [9.17, 15) is 14.0 Å².